The van der Waals surface area contributed by atoms with Gasteiger partial charge in [-0.1, -0.05) is 26.1 Å². The molecule has 2 fully saturated rings. The highest BCUT2D eigenvalue weighted by Crippen LogP contribution is 2.61. The van der Waals surface area contributed by atoms with Crippen LogP contribution in [0.4, 0.5) is 0 Å². The van der Waals surface area contributed by atoms with Crippen LogP contribution in [-0.2, 0) is 11.2 Å². The molecule has 0 aromatic heterocycles. The lowest BCUT2D eigenvalue weighted by molar-refractivity contribution is -0.0292. The highest BCUT2D eigenvalue weighted by Gasteiger charge is 2.55. The van der Waals surface area contributed by atoms with Gasteiger partial charge in [-0.25, -0.2) is 0 Å². The SMILES string of the molecule is C=COc1ccc2c(c1)CC[C@@H]1[C@@H]2CC[C@]2(C)[C@@H](OC=C)CC[C@@H]12. The highest BCUT2D eigenvalue weighted by atomic mass is 16.5. The van der Waals surface area contributed by atoms with Gasteiger partial charge in [-0.05, 0) is 79.5 Å². The summed E-state index contributed by atoms with van der Waals surface area (Å²) < 4.78 is 11.4. The Hall–Kier alpha value is -1.70. The van der Waals surface area contributed by atoms with Crippen LogP contribution in [0.2, 0.25) is 0 Å². The summed E-state index contributed by atoms with van der Waals surface area (Å²) in [7, 11) is 0. The van der Waals surface area contributed by atoms with Gasteiger partial charge < -0.3 is 9.47 Å². The average molecular weight is 324 g/mol. The van der Waals surface area contributed by atoms with Crippen molar-refractivity contribution in [2.24, 2.45) is 17.3 Å². The predicted octanol–water partition coefficient (Wildman–Crippen LogP) is 5.59. The highest BCUT2D eigenvalue weighted by molar-refractivity contribution is 5.41. The van der Waals surface area contributed by atoms with Crippen LogP contribution >= 0.6 is 0 Å². The first-order valence-electron chi connectivity index (χ1n) is 9.34. The number of benzene rings is 1. The molecule has 3 aliphatic rings. The normalized spacial score (nSPS) is 36.9. The van der Waals surface area contributed by atoms with E-state index in [2.05, 4.69) is 38.3 Å². The van der Waals surface area contributed by atoms with Gasteiger partial charge in [0.05, 0.1) is 12.5 Å². The Kier molecular flexibility index (Phi) is 3.94. The van der Waals surface area contributed by atoms with Crippen molar-refractivity contribution in [2.45, 2.75) is 57.5 Å². The Morgan fingerprint density at radius 3 is 2.79 bits per heavy atom. The second-order valence-electron chi connectivity index (χ2n) is 7.97. The van der Waals surface area contributed by atoms with Gasteiger partial charge in [0.15, 0.2) is 0 Å². The van der Waals surface area contributed by atoms with E-state index in [-0.39, 0.29) is 0 Å². The smallest absolute Gasteiger partial charge is 0.126 e. The molecule has 4 rings (SSSR count). The third-order valence-corrected chi connectivity index (χ3v) is 7.09. The second kappa shape index (κ2) is 5.98. The molecule has 0 heterocycles. The van der Waals surface area contributed by atoms with E-state index in [0.717, 1.165) is 17.6 Å². The van der Waals surface area contributed by atoms with Gasteiger partial charge >= 0.3 is 0 Å². The van der Waals surface area contributed by atoms with E-state index in [1.165, 1.54) is 50.4 Å². The topological polar surface area (TPSA) is 18.5 Å². The minimum Gasteiger partial charge on any atom is -0.498 e. The van der Waals surface area contributed by atoms with E-state index in [9.17, 15) is 0 Å². The van der Waals surface area contributed by atoms with Crippen LogP contribution in [0.1, 0.15) is 56.1 Å². The van der Waals surface area contributed by atoms with E-state index in [1.807, 2.05) is 0 Å². The van der Waals surface area contributed by atoms with Crippen molar-refractivity contribution >= 4 is 0 Å². The number of rotatable bonds is 4. The number of hydrogen-bond donors (Lipinski definition) is 0. The standard InChI is InChI=1S/C22H28O2/c1-4-23-16-7-9-17-15(14-16)6-8-19-18(17)12-13-22(3)20(19)10-11-21(22)24-5-2/h4-5,7,9,14,18-21H,1-2,6,8,10-13H2,3H3/t18-,19-,20+,21+,22+/m1/s1. The molecule has 0 saturated heterocycles. The number of hydrogen-bond acceptors (Lipinski definition) is 2. The third-order valence-electron chi connectivity index (χ3n) is 7.09. The molecule has 0 unspecified atom stereocenters. The number of fused-ring (bicyclic) bond motifs is 5. The maximum Gasteiger partial charge on any atom is 0.126 e. The Bertz CT molecular complexity index is 649. The zero-order chi connectivity index (χ0) is 16.7. The Morgan fingerprint density at radius 2 is 2.00 bits per heavy atom. The Labute approximate surface area is 145 Å². The minimum atomic E-state index is 0.332. The first kappa shape index (κ1) is 15.8. The lowest BCUT2D eigenvalue weighted by atomic mass is 9.55. The molecule has 3 aliphatic carbocycles. The molecule has 128 valence electrons. The molecule has 2 saturated carbocycles. The average Bonchev–Trinajstić information content (AvgIpc) is 2.92. The van der Waals surface area contributed by atoms with Gasteiger partial charge in [0.1, 0.15) is 11.9 Å². The third kappa shape index (κ3) is 2.30. The molecule has 5 atom stereocenters. The maximum absolute atomic E-state index is 5.91. The van der Waals surface area contributed by atoms with Crippen molar-refractivity contribution in [3.8, 4) is 5.75 Å². The molecule has 1 aromatic rings. The molecule has 0 bridgehead atoms. The van der Waals surface area contributed by atoms with Crippen molar-refractivity contribution in [1.82, 2.24) is 0 Å². The van der Waals surface area contributed by atoms with E-state index in [0.29, 0.717) is 17.4 Å². The van der Waals surface area contributed by atoms with Crippen LogP contribution in [0.3, 0.4) is 0 Å². The lowest BCUT2D eigenvalue weighted by Gasteiger charge is -2.50. The van der Waals surface area contributed by atoms with Crippen LogP contribution in [0, 0.1) is 17.3 Å². The van der Waals surface area contributed by atoms with E-state index in [4.69, 9.17) is 9.47 Å². The fraction of sp³-hybridized carbons (Fsp3) is 0.545. The van der Waals surface area contributed by atoms with Gasteiger partial charge in [0, 0.05) is 5.41 Å². The van der Waals surface area contributed by atoms with Crippen LogP contribution in [0.25, 0.3) is 0 Å². The summed E-state index contributed by atoms with van der Waals surface area (Å²) in [6.45, 7) is 9.91. The van der Waals surface area contributed by atoms with E-state index < -0.39 is 0 Å². The fourth-order valence-electron chi connectivity index (χ4n) is 6.02. The minimum absolute atomic E-state index is 0.332. The van der Waals surface area contributed by atoms with Gasteiger partial charge in [-0.2, -0.15) is 0 Å². The summed E-state index contributed by atoms with van der Waals surface area (Å²) >= 11 is 0. The van der Waals surface area contributed by atoms with Crippen LogP contribution in [0.5, 0.6) is 5.75 Å². The van der Waals surface area contributed by atoms with Gasteiger partial charge in [0.2, 0.25) is 0 Å². The molecule has 2 nitrogen and oxygen atoms in total. The lowest BCUT2D eigenvalue weighted by Crippen LogP contribution is -2.44. The molecule has 0 amide bonds. The molecule has 0 N–H and O–H groups in total. The summed E-state index contributed by atoms with van der Waals surface area (Å²) in [5.74, 6) is 3.23. The summed E-state index contributed by atoms with van der Waals surface area (Å²) in [6, 6.07) is 6.63. The molecular weight excluding hydrogens is 296 g/mol. The molecule has 1 aromatic carbocycles. The summed E-state index contributed by atoms with van der Waals surface area (Å²) in [5, 5.41) is 0. The maximum atomic E-state index is 5.91. The number of aryl methyl sites for hydroxylation is 1. The second-order valence-corrected chi connectivity index (χ2v) is 7.97. The van der Waals surface area contributed by atoms with Gasteiger partial charge in [-0.15, -0.1) is 0 Å². The Balaban J connectivity index is 1.62. The summed E-state index contributed by atoms with van der Waals surface area (Å²) in [4.78, 5) is 0. The summed E-state index contributed by atoms with van der Waals surface area (Å²) in [5.41, 5.74) is 3.38. The Morgan fingerprint density at radius 1 is 1.12 bits per heavy atom. The van der Waals surface area contributed by atoms with Crippen LogP contribution in [0.15, 0.2) is 43.9 Å². The van der Waals surface area contributed by atoms with Crippen molar-refractivity contribution in [2.75, 3.05) is 0 Å². The van der Waals surface area contributed by atoms with Crippen molar-refractivity contribution in [3.05, 3.63) is 55.0 Å². The van der Waals surface area contributed by atoms with Gasteiger partial charge in [-0.3, -0.25) is 0 Å². The first-order chi connectivity index (χ1) is 11.7. The predicted molar refractivity (Wildman–Crippen MR) is 97.0 cm³/mol. The molecule has 0 aliphatic heterocycles. The molecule has 0 spiro atoms. The first-order valence-corrected chi connectivity index (χ1v) is 9.34. The van der Waals surface area contributed by atoms with Crippen molar-refractivity contribution in [1.29, 1.82) is 0 Å². The fourth-order valence-corrected chi connectivity index (χ4v) is 6.02. The van der Waals surface area contributed by atoms with Gasteiger partial charge in [0.25, 0.3) is 0 Å². The van der Waals surface area contributed by atoms with Crippen molar-refractivity contribution < 1.29 is 9.47 Å². The number of ether oxygens (including phenoxy) is 2. The molecular formula is C22H28O2. The van der Waals surface area contributed by atoms with Crippen LogP contribution < -0.4 is 4.74 Å². The van der Waals surface area contributed by atoms with Crippen LogP contribution in [-0.4, -0.2) is 6.10 Å². The van der Waals surface area contributed by atoms with Crippen molar-refractivity contribution in [3.63, 3.8) is 0 Å². The quantitative estimate of drug-likeness (QED) is 0.672. The summed E-state index contributed by atoms with van der Waals surface area (Å²) in [6.07, 6.45) is 11.1. The zero-order valence-corrected chi connectivity index (χ0v) is 14.7. The zero-order valence-electron chi connectivity index (χ0n) is 14.7. The monoisotopic (exact) mass is 324 g/mol. The van der Waals surface area contributed by atoms with E-state index in [1.54, 1.807) is 11.8 Å². The molecule has 24 heavy (non-hydrogen) atoms. The largest absolute Gasteiger partial charge is 0.498 e. The molecule has 2 heteroatoms. The molecule has 0 radical (unpaired) electrons. The van der Waals surface area contributed by atoms with E-state index >= 15 is 0 Å².